The van der Waals surface area contributed by atoms with Gasteiger partial charge in [-0.3, -0.25) is 4.79 Å². The highest BCUT2D eigenvalue weighted by atomic mass is 16.5. The fraction of sp³-hybridized carbons (Fsp3) is 0.615. The molecule has 100 valence electrons. The second-order valence-corrected chi connectivity index (χ2v) is 4.59. The molecule has 1 aromatic rings. The Morgan fingerprint density at radius 3 is 2.89 bits per heavy atom. The number of carbonyl (C=O) groups is 1. The molecule has 0 spiro atoms. The zero-order valence-corrected chi connectivity index (χ0v) is 11.0. The number of hydrogen-bond acceptors (Lipinski definition) is 4. The lowest BCUT2D eigenvalue weighted by molar-refractivity contribution is 0.0581. The van der Waals surface area contributed by atoms with E-state index in [0.29, 0.717) is 18.9 Å². The molecule has 5 nitrogen and oxygen atoms in total. The predicted molar refractivity (Wildman–Crippen MR) is 65.6 cm³/mol. The summed E-state index contributed by atoms with van der Waals surface area (Å²) < 4.78 is 15.8. The summed E-state index contributed by atoms with van der Waals surface area (Å²) in [4.78, 5) is 14.2. The maximum Gasteiger partial charge on any atom is 0.290 e. The average Bonchev–Trinajstić information content (AvgIpc) is 2.95. The Labute approximate surface area is 107 Å². The van der Waals surface area contributed by atoms with Crippen LogP contribution in [0, 0.1) is 6.92 Å². The van der Waals surface area contributed by atoms with Crippen molar-refractivity contribution in [2.75, 3.05) is 27.4 Å². The van der Waals surface area contributed by atoms with Crippen LogP contribution in [0.2, 0.25) is 0 Å². The summed E-state index contributed by atoms with van der Waals surface area (Å²) in [5.74, 6) is 0.326. The average molecular weight is 253 g/mol. The van der Waals surface area contributed by atoms with E-state index in [4.69, 9.17) is 13.9 Å². The normalized spacial score (nSPS) is 23.6. The molecule has 2 heterocycles. The van der Waals surface area contributed by atoms with Crippen LogP contribution in [0.5, 0.6) is 0 Å². The molecule has 1 saturated heterocycles. The lowest BCUT2D eigenvalue weighted by Gasteiger charge is -2.22. The van der Waals surface area contributed by atoms with Crippen molar-refractivity contribution in [1.29, 1.82) is 0 Å². The van der Waals surface area contributed by atoms with Gasteiger partial charge in [-0.15, -0.1) is 0 Å². The number of aryl methyl sites for hydroxylation is 1. The summed E-state index contributed by atoms with van der Waals surface area (Å²) in [5.41, 5.74) is 0.858. The molecule has 0 aromatic carbocycles. The molecule has 18 heavy (non-hydrogen) atoms. The van der Waals surface area contributed by atoms with Gasteiger partial charge in [-0.1, -0.05) is 0 Å². The first kappa shape index (κ1) is 13.1. The van der Waals surface area contributed by atoms with Crippen LogP contribution in [0.4, 0.5) is 0 Å². The third-order valence-corrected chi connectivity index (χ3v) is 3.39. The number of likely N-dealkylation sites (tertiary alicyclic amines) is 1. The van der Waals surface area contributed by atoms with Crippen molar-refractivity contribution in [1.82, 2.24) is 4.90 Å². The minimum atomic E-state index is -0.0842. The number of amides is 1. The number of carbonyl (C=O) groups excluding carboxylic acids is 1. The largest absolute Gasteiger partial charge is 0.459 e. The molecule has 0 unspecified atom stereocenters. The number of nitrogens with zero attached hydrogens (tertiary/aromatic N) is 1. The number of ether oxygens (including phenoxy) is 2. The van der Waals surface area contributed by atoms with E-state index in [1.165, 1.54) is 6.26 Å². The number of hydrogen-bond donors (Lipinski definition) is 0. The summed E-state index contributed by atoms with van der Waals surface area (Å²) in [7, 11) is 3.31. The Kier molecular flexibility index (Phi) is 4.04. The van der Waals surface area contributed by atoms with Crippen molar-refractivity contribution < 1.29 is 18.7 Å². The van der Waals surface area contributed by atoms with E-state index in [2.05, 4.69) is 0 Å². The molecule has 0 N–H and O–H groups in total. The van der Waals surface area contributed by atoms with Crippen LogP contribution >= 0.6 is 0 Å². The van der Waals surface area contributed by atoms with Gasteiger partial charge in [0.15, 0.2) is 5.76 Å². The summed E-state index contributed by atoms with van der Waals surface area (Å²) in [6, 6.07) is 1.85. The van der Waals surface area contributed by atoms with E-state index >= 15 is 0 Å². The molecule has 1 aliphatic heterocycles. The number of rotatable bonds is 4. The van der Waals surface area contributed by atoms with Gasteiger partial charge < -0.3 is 18.8 Å². The summed E-state index contributed by atoms with van der Waals surface area (Å²) in [5, 5.41) is 0. The standard InChI is InChI=1S/C13H19NO4/c1-9-4-5-18-12(9)13(15)14-7-11(17-3)6-10(14)8-16-2/h4-5,10-11H,6-8H2,1-3H3/t10-,11+/m0/s1. The fourth-order valence-electron chi connectivity index (χ4n) is 2.37. The summed E-state index contributed by atoms with van der Waals surface area (Å²) in [6.07, 6.45) is 2.41. The van der Waals surface area contributed by atoms with Gasteiger partial charge in [0.1, 0.15) is 0 Å². The van der Waals surface area contributed by atoms with Crippen LogP contribution < -0.4 is 0 Å². The first-order valence-electron chi connectivity index (χ1n) is 6.04. The van der Waals surface area contributed by atoms with Crippen molar-refractivity contribution in [2.45, 2.75) is 25.5 Å². The maximum atomic E-state index is 12.4. The molecular weight excluding hydrogens is 234 g/mol. The van der Waals surface area contributed by atoms with Crippen molar-refractivity contribution >= 4 is 5.91 Å². The molecule has 0 aliphatic carbocycles. The molecule has 1 amide bonds. The van der Waals surface area contributed by atoms with Crippen molar-refractivity contribution in [3.8, 4) is 0 Å². The molecule has 2 atom stereocenters. The third-order valence-electron chi connectivity index (χ3n) is 3.39. The molecule has 1 aliphatic rings. The predicted octanol–water partition coefficient (Wildman–Crippen LogP) is 1.46. The van der Waals surface area contributed by atoms with Crippen LogP contribution in [0.25, 0.3) is 0 Å². The molecule has 5 heteroatoms. The molecule has 1 aromatic heterocycles. The van der Waals surface area contributed by atoms with E-state index in [1.807, 2.05) is 6.92 Å². The highest BCUT2D eigenvalue weighted by molar-refractivity contribution is 5.93. The van der Waals surface area contributed by atoms with Gasteiger partial charge in [0.05, 0.1) is 25.0 Å². The molecule has 0 bridgehead atoms. The molecule has 0 saturated carbocycles. The van der Waals surface area contributed by atoms with E-state index in [-0.39, 0.29) is 18.1 Å². The summed E-state index contributed by atoms with van der Waals surface area (Å²) >= 11 is 0. The van der Waals surface area contributed by atoms with Gasteiger partial charge in [0.2, 0.25) is 0 Å². The van der Waals surface area contributed by atoms with E-state index < -0.39 is 0 Å². The molecule has 0 radical (unpaired) electrons. The maximum absolute atomic E-state index is 12.4. The fourth-order valence-corrected chi connectivity index (χ4v) is 2.37. The quantitative estimate of drug-likeness (QED) is 0.815. The second kappa shape index (κ2) is 5.54. The lowest BCUT2D eigenvalue weighted by atomic mass is 10.2. The van der Waals surface area contributed by atoms with Gasteiger partial charge in [0, 0.05) is 26.3 Å². The first-order chi connectivity index (χ1) is 8.67. The minimum absolute atomic E-state index is 0.0527. The van der Waals surface area contributed by atoms with Gasteiger partial charge in [-0.2, -0.15) is 0 Å². The van der Waals surface area contributed by atoms with E-state index in [1.54, 1.807) is 25.2 Å². The van der Waals surface area contributed by atoms with Crippen molar-refractivity contribution in [2.24, 2.45) is 0 Å². The minimum Gasteiger partial charge on any atom is -0.459 e. The number of methoxy groups -OCH3 is 2. The Bertz CT molecular complexity index is 415. The molecular formula is C13H19NO4. The van der Waals surface area contributed by atoms with Crippen LogP contribution in [0.15, 0.2) is 16.7 Å². The topological polar surface area (TPSA) is 51.9 Å². The van der Waals surface area contributed by atoms with Crippen LogP contribution in [0.1, 0.15) is 22.5 Å². The van der Waals surface area contributed by atoms with Crippen molar-refractivity contribution in [3.05, 3.63) is 23.7 Å². The zero-order chi connectivity index (χ0) is 13.1. The highest BCUT2D eigenvalue weighted by Gasteiger charge is 2.37. The zero-order valence-electron chi connectivity index (χ0n) is 11.0. The van der Waals surface area contributed by atoms with Gasteiger partial charge in [0.25, 0.3) is 5.91 Å². The second-order valence-electron chi connectivity index (χ2n) is 4.59. The Hall–Kier alpha value is -1.33. The Balaban J connectivity index is 2.15. The van der Waals surface area contributed by atoms with Crippen LogP contribution in [-0.2, 0) is 9.47 Å². The smallest absolute Gasteiger partial charge is 0.290 e. The summed E-state index contributed by atoms with van der Waals surface area (Å²) in [6.45, 7) is 2.97. The van der Waals surface area contributed by atoms with Gasteiger partial charge in [-0.05, 0) is 19.4 Å². The SMILES string of the molecule is COC[C@@H]1C[C@@H](OC)CN1C(=O)c1occc1C. The first-order valence-corrected chi connectivity index (χ1v) is 6.04. The highest BCUT2D eigenvalue weighted by Crippen LogP contribution is 2.24. The van der Waals surface area contributed by atoms with Crippen LogP contribution in [-0.4, -0.2) is 50.3 Å². The monoisotopic (exact) mass is 253 g/mol. The van der Waals surface area contributed by atoms with Gasteiger partial charge in [-0.25, -0.2) is 0 Å². The van der Waals surface area contributed by atoms with Gasteiger partial charge >= 0.3 is 0 Å². The van der Waals surface area contributed by atoms with Crippen molar-refractivity contribution in [3.63, 3.8) is 0 Å². The molecule has 2 rings (SSSR count). The lowest BCUT2D eigenvalue weighted by Crippen LogP contribution is -2.38. The Morgan fingerprint density at radius 1 is 1.56 bits per heavy atom. The van der Waals surface area contributed by atoms with Crippen LogP contribution in [0.3, 0.4) is 0 Å². The number of furan rings is 1. The van der Waals surface area contributed by atoms with E-state index in [0.717, 1.165) is 12.0 Å². The molecule has 1 fully saturated rings. The van der Waals surface area contributed by atoms with E-state index in [9.17, 15) is 4.79 Å². The third kappa shape index (κ3) is 2.42. The Morgan fingerprint density at radius 2 is 2.33 bits per heavy atom.